The minimum absolute atomic E-state index is 0.0151. The molecule has 0 heterocycles. The van der Waals surface area contributed by atoms with Crippen molar-refractivity contribution < 1.29 is 8.42 Å². The molecule has 4 aromatic carbocycles. The Kier molecular flexibility index (Phi) is 5.59. The molecule has 0 aliphatic carbocycles. The highest BCUT2D eigenvalue weighted by atomic mass is 32.2. The fourth-order valence-electron chi connectivity index (χ4n) is 3.62. The van der Waals surface area contributed by atoms with Gasteiger partial charge in [-0.1, -0.05) is 109 Å². The van der Waals surface area contributed by atoms with Gasteiger partial charge in [-0.2, -0.15) is 0 Å². The zero-order chi connectivity index (χ0) is 20.1. The van der Waals surface area contributed by atoms with Crippen LogP contribution in [0.4, 0.5) is 0 Å². The summed E-state index contributed by atoms with van der Waals surface area (Å²) in [4.78, 5) is 0. The minimum atomic E-state index is -3.35. The van der Waals surface area contributed by atoms with Gasteiger partial charge >= 0.3 is 0 Å². The first-order valence-electron chi connectivity index (χ1n) is 9.59. The van der Waals surface area contributed by atoms with Crippen molar-refractivity contribution in [2.75, 3.05) is 0 Å². The summed E-state index contributed by atoms with van der Waals surface area (Å²) in [6.45, 7) is 0. The van der Waals surface area contributed by atoms with Crippen LogP contribution >= 0.6 is 0 Å². The van der Waals surface area contributed by atoms with Gasteiger partial charge in [0.1, 0.15) is 0 Å². The molecular formula is C26H22O2S. The second-order valence-electron chi connectivity index (χ2n) is 7.08. The van der Waals surface area contributed by atoms with Crippen molar-refractivity contribution in [3.63, 3.8) is 0 Å². The van der Waals surface area contributed by atoms with Crippen LogP contribution < -0.4 is 0 Å². The smallest absolute Gasteiger partial charge is 0.158 e. The van der Waals surface area contributed by atoms with Crippen LogP contribution in [0.25, 0.3) is 22.3 Å². The van der Waals surface area contributed by atoms with Crippen LogP contribution in [0.2, 0.25) is 0 Å². The summed E-state index contributed by atoms with van der Waals surface area (Å²) >= 11 is 0. The predicted octanol–water partition coefficient (Wildman–Crippen LogP) is 6.14. The molecular weight excluding hydrogens is 376 g/mol. The molecule has 3 heteroatoms. The Bertz CT molecular complexity index is 1110. The molecule has 144 valence electrons. The van der Waals surface area contributed by atoms with Gasteiger partial charge in [-0.05, 0) is 33.4 Å². The van der Waals surface area contributed by atoms with Crippen molar-refractivity contribution in [1.82, 2.24) is 0 Å². The zero-order valence-corrected chi connectivity index (χ0v) is 16.8. The SMILES string of the molecule is O=S(=O)(Cc1ccccc1-c1ccccc1)Cc1ccccc1-c1ccccc1. The van der Waals surface area contributed by atoms with Gasteiger partial charge in [-0.25, -0.2) is 8.42 Å². The third kappa shape index (κ3) is 4.64. The van der Waals surface area contributed by atoms with Gasteiger partial charge in [0, 0.05) is 0 Å². The Hall–Kier alpha value is -3.17. The summed E-state index contributed by atoms with van der Waals surface area (Å²) in [5.41, 5.74) is 5.65. The van der Waals surface area contributed by atoms with Crippen LogP contribution in [-0.4, -0.2) is 8.42 Å². The lowest BCUT2D eigenvalue weighted by atomic mass is 10.0. The second kappa shape index (κ2) is 8.46. The van der Waals surface area contributed by atoms with Gasteiger partial charge in [0.25, 0.3) is 0 Å². The molecule has 0 atom stereocenters. The molecule has 0 amide bonds. The Morgan fingerprint density at radius 2 is 0.793 bits per heavy atom. The van der Waals surface area contributed by atoms with Gasteiger partial charge in [0.15, 0.2) is 9.84 Å². The highest BCUT2D eigenvalue weighted by Gasteiger charge is 2.18. The van der Waals surface area contributed by atoms with Gasteiger partial charge in [0.05, 0.1) is 11.5 Å². The average molecular weight is 399 g/mol. The largest absolute Gasteiger partial charge is 0.228 e. The maximum Gasteiger partial charge on any atom is 0.158 e. The molecule has 29 heavy (non-hydrogen) atoms. The maximum atomic E-state index is 13.1. The van der Waals surface area contributed by atoms with Crippen LogP contribution in [0.1, 0.15) is 11.1 Å². The Labute approximate surface area is 172 Å². The van der Waals surface area contributed by atoms with E-state index in [1.165, 1.54) is 0 Å². The second-order valence-corrected chi connectivity index (χ2v) is 9.14. The molecule has 4 aromatic rings. The van der Waals surface area contributed by atoms with E-state index in [1.54, 1.807) is 0 Å². The lowest BCUT2D eigenvalue weighted by molar-refractivity contribution is 0.594. The van der Waals surface area contributed by atoms with Gasteiger partial charge in [0.2, 0.25) is 0 Å². The van der Waals surface area contributed by atoms with Crippen LogP contribution in [-0.2, 0) is 21.3 Å². The molecule has 0 bridgehead atoms. The molecule has 2 nitrogen and oxygen atoms in total. The molecule has 0 spiro atoms. The molecule has 0 aromatic heterocycles. The highest BCUT2D eigenvalue weighted by Crippen LogP contribution is 2.28. The molecule has 0 aliphatic heterocycles. The minimum Gasteiger partial charge on any atom is -0.228 e. The average Bonchev–Trinajstić information content (AvgIpc) is 2.75. The molecule has 0 unspecified atom stereocenters. The summed E-state index contributed by atoms with van der Waals surface area (Å²) < 4.78 is 26.3. The van der Waals surface area contributed by atoms with Crippen molar-refractivity contribution in [2.24, 2.45) is 0 Å². The number of hydrogen-bond acceptors (Lipinski definition) is 2. The van der Waals surface area contributed by atoms with E-state index in [2.05, 4.69) is 0 Å². The molecule has 4 rings (SSSR count). The molecule has 0 N–H and O–H groups in total. The Morgan fingerprint density at radius 1 is 0.448 bits per heavy atom. The van der Waals surface area contributed by atoms with Crippen molar-refractivity contribution in [1.29, 1.82) is 0 Å². The number of hydrogen-bond donors (Lipinski definition) is 0. The first-order chi connectivity index (χ1) is 14.1. The summed E-state index contributed by atoms with van der Waals surface area (Å²) in [6, 6.07) is 35.3. The highest BCUT2D eigenvalue weighted by molar-refractivity contribution is 7.89. The van der Waals surface area contributed by atoms with Gasteiger partial charge in [-0.15, -0.1) is 0 Å². The third-order valence-corrected chi connectivity index (χ3v) is 6.46. The van der Waals surface area contributed by atoms with Crippen LogP contribution in [0.3, 0.4) is 0 Å². The maximum absolute atomic E-state index is 13.1. The van der Waals surface area contributed by atoms with Crippen LogP contribution in [0.15, 0.2) is 109 Å². The summed E-state index contributed by atoms with van der Waals surface area (Å²) in [5, 5.41) is 0. The molecule has 0 saturated heterocycles. The van der Waals surface area contributed by atoms with E-state index >= 15 is 0 Å². The number of benzene rings is 4. The van der Waals surface area contributed by atoms with E-state index in [9.17, 15) is 8.42 Å². The van der Waals surface area contributed by atoms with E-state index in [0.717, 1.165) is 33.4 Å². The van der Waals surface area contributed by atoms with Crippen molar-refractivity contribution in [2.45, 2.75) is 11.5 Å². The van der Waals surface area contributed by atoms with Crippen molar-refractivity contribution in [3.05, 3.63) is 120 Å². The van der Waals surface area contributed by atoms with Crippen LogP contribution in [0.5, 0.6) is 0 Å². The summed E-state index contributed by atoms with van der Waals surface area (Å²) in [5.74, 6) is 0.0301. The first-order valence-corrected chi connectivity index (χ1v) is 11.4. The van der Waals surface area contributed by atoms with E-state index in [-0.39, 0.29) is 11.5 Å². The normalized spacial score (nSPS) is 11.3. The third-order valence-electron chi connectivity index (χ3n) is 4.96. The standard InChI is InChI=1S/C26H22O2S/c27-29(28,19-23-15-7-9-17-25(23)21-11-3-1-4-12-21)20-24-16-8-10-18-26(24)22-13-5-2-6-14-22/h1-18H,19-20H2. The van der Waals surface area contributed by atoms with E-state index in [0.29, 0.717) is 0 Å². The Morgan fingerprint density at radius 3 is 1.21 bits per heavy atom. The van der Waals surface area contributed by atoms with Crippen LogP contribution in [0, 0.1) is 0 Å². The molecule has 0 fully saturated rings. The number of sulfone groups is 1. The quantitative estimate of drug-likeness (QED) is 0.391. The zero-order valence-electron chi connectivity index (χ0n) is 16.0. The van der Waals surface area contributed by atoms with E-state index < -0.39 is 9.84 Å². The predicted molar refractivity (Wildman–Crippen MR) is 120 cm³/mol. The summed E-state index contributed by atoms with van der Waals surface area (Å²) in [6.07, 6.45) is 0. The summed E-state index contributed by atoms with van der Waals surface area (Å²) in [7, 11) is -3.35. The monoisotopic (exact) mass is 398 g/mol. The van der Waals surface area contributed by atoms with Gasteiger partial charge in [-0.3, -0.25) is 0 Å². The van der Waals surface area contributed by atoms with E-state index in [1.807, 2.05) is 109 Å². The van der Waals surface area contributed by atoms with E-state index in [4.69, 9.17) is 0 Å². The molecule has 0 saturated carbocycles. The fraction of sp³-hybridized carbons (Fsp3) is 0.0769. The lowest BCUT2D eigenvalue weighted by Gasteiger charge is -2.13. The first kappa shape index (κ1) is 19.2. The van der Waals surface area contributed by atoms with Gasteiger partial charge < -0.3 is 0 Å². The van der Waals surface area contributed by atoms with Crippen molar-refractivity contribution >= 4 is 9.84 Å². The lowest BCUT2D eigenvalue weighted by Crippen LogP contribution is -2.09. The molecule has 0 radical (unpaired) electrons. The Balaban J connectivity index is 1.65. The fourth-order valence-corrected chi connectivity index (χ4v) is 5.17. The molecule has 0 aliphatic rings. The number of rotatable bonds is 6. The topological polar surface area (TPSA) is 34.1 Å². The van der Waals surface area contributed by atoms with Crippen molar-refractivity contribution in [3.8, 4) is 22.3 Å².